The van der Waals surface area contributed by atoms with E-state index in [0.29, 0.717) is 47.3 Å². The van der Waals surface area contributed by atoms with Crippen LogP contribution in [0.2, 0.25) is 0 Å². The number of rotatable bonds is 30. The van der Waals surface area contributed by atoms with Gasteiger partial charge in [-0.05, 0) is 84.5 Å². The number of hydroxylamine groups is 2. The van der Waals surface area contributed by atoms with E-state index in [0.717, 1.165) is 23.5 Å². The van der Waals surface area contributed by atoms with E-state index >= 15 is 0 Å². The maximum Gasteiger partial charge on any atom is 0.363 e. The lowest BCUT2D eigenvalue weighted by Gasteiger charge is -2.32. The van der Waals surface area contributed by atoms with Gasteiger partial charge in [-0.1, -0.05) is 130 Å². The summed E-state index contributed by atoms with van der Waals surface area (Å²) < 4.78 is 33.5. The van der Waals surface area contributed by atoms with Crippen LogP contribution in [0.4, 0.5) is 0 Å². The Morgan fingerprint density at radius 1 is 0.671 bits per heavy atom. The zero-order valence-electron chi connectivity index (χ0n) is 44.4. The Labute approximate surface area is 457 Å². The van der Waals surface area contributed by atoms with Gasteiger partial charge in [0.15, 0.2) is 12.4 Å². The summed E-state index contributed by atoms with van der Waals surface area (Å²) in [6.45, 7) is 4.20. The van der Waals surface area contributed by atoms with Gasteiger partial charge in [-0.2, -0.15) is 5.06 Å². The predicted octanol–water partition coefficient (Wildman–Crippen LogP) is 8.37. The van der Waals surface area contributed by atoms with Crippen LogP contribution in [0.15, 0.2) is 144 Å². The Morgan fingerprint density at radius 3 is 1.89 bits per heavy atom. The van der Waals surface area contributed by atoms with Crippen LogP contribution in [0.25, 0.3) is 11.3 Å². The maximum absolute atomic E-state index is 14.2. The number of methoxy groups -OCH3 is 1. The average molecular weight is 1080 g/mol. The molecule has 0 aliphatic carbocycles. The molecule has 0 spiro atoms. The first-order chi connectivity index (χ1) is 38.3. The van der Waals surface area contributed by atoms with Crippen LogP contribution in [0, 0.1) is 12.8 Å². The Hall–Kier alpha value is -9.26. The second kappa shape index (κ2) is 30.5. The molecule has 3 atom stereocenters. The highest BCUT2D eigenvalue weighted by atomic mass is 16.7. The van der Waals surface area contributed by atoms with Crippen molar-refractivity contribution in [2.75, 3.05) is 20.4 Å². The highest BCUT2D eigenvalue weighted by molar-refractivity contribution is 6.00. The summed E-state index contributed by atoms with van der Waals surface area (Å²) in [4.78, 5) is 113. The molecule has 0 radical (unpaired) electrons. The third-order valence-electron chi connectivity index (χ3n) is 12.5. The molecule has 0 aliphatic rings. The van der Waals surface area contributed by atoms with E-state index in [1.165, 1.54) is 43.5 Å². The predicted molar refractivity (Wildman–Crippen MR) is 287 cm³/mol. The van der Waals surface area contributed by atoms with Crippen molar-refractivity contribution in [3.63, 3.8) is 0 Å². The molecule has 1 heterocycles. The number of aryl methyl sites for hydroxylation is 1. The van der Waals surface area contributed by atoms with Gasteiger partial charge >= 0.3 is 23.9 Å². The van der Waals surface area contributed by atoms with Gasteiger partial charge in [0.2, 0.25) is 12.3 Å². The molecule has 19 heteroatoms. The first kappa shape index (κ1) is 59.0. The second-order valence-corrected chi connectivity index (χ2v) is 18.1. The molecule has 0 saturated carbocycles. The van der Waals surface area contributed by atoms with E-state index in [1.54, 1.807) is 105 Å². The largest absolute Gasteiger partial charge is 0.497 e. The standard InChI is InChI=1S/C60H64N4O15/c1-5-7-11-24-47(50(6-2)64(39-65)79-59(71)46-28-26-45(73-4)31-40(46)3)56(68)61-38-62-58(70)52-30-29-51(78-52)44-25-27-48(53(32-44)74-37-55(67)76-35-42-20-14-9-15-21-42)57(69)63-49(60(72)77-36-43-22-16-10-17-23-43)33-54(66)75-34-41-18-12-8-13-19-41/h8-10,12-23,25-32,39,47,49-50H,5-7,11,24,33-38H2,1-4H3,(H,61,68)(H,62,70)(H,63,69)/t47?,49?,50-/m1/s1. The lowest BCUT2D eigenvalue weighted by atomic mass is 9.90. The minimum Gasteiger partial charge on any atom is -0.497 e. The lowest BCUT2D eigenvalue weighted by Crippen LogP contribution is -2.49. The van der Waals surface area contributed by atoms with Gasteiger partial charge in [0.25, 0.3) is 11.8 Å². The molecular formula is C60H64N4O15. The molecule has 79 heavy (non-hydrogen) atoms. The van der Waals surface area contributed by atoms with Gasteiger partial charge < -0.3 is 48.9 Å². The fourth-order valence-corrected chi connectivity index (χ4v) is 8.22. The number of amides is 4. The number of carbonyl (C=O) groups excluding carboxylic acids is 8. The van der Waals surface area contributed by atoms with Crippen molar-refractivity contribution in [3.05, 3.63) is 179 Å². The monoisotopic (exact) mass is 1080 g/mol. The normalized spacial score (nSPS) is 11.8. The molecule has 1 aromatic heterocycles. The molecule has 19 nitrogen and oxygen atoms in total. The number of hydrogen-bond donors (Lipinski definition) is 3. The van der Waals surface area contributed by atoms with Gasteiger partial charge in [-0.25, -0.2) is 14.4 Å². The summed E-state index contributed by atoms with van der Waals surface area (Å²) in [7, 11) is 1.50. The van der Waals surface area contributed by atoms with Gasteiger partial charge in [0.05, 0.1) is 43.3 Å². The third-order valence-corrected chi connectivity index (χ3v) is 12.5. The zero-order chi connectivity index (χ0) is 56.5. The molecular weight excluding hydrogens is 1020 g/mol. The SMILES string of the molecule is CCCCCC(C(=O)NCNC(=O)c1ccc(-c2ccc(C(=O)NC(CC(=O)OCc3ccccc3)C(=O)OCc3ccccc3)c(OCC(=O)OCc3ccccc3)c2)o1)[C@@H](CC)N(C=O)OC(=O)c1ccc(OC)cc1C. The van der Waals surface area contributed by atoms with Crippen molar-refractivity contribution in [1.82, 2.24) is 21.0 Å². The number of ether oxygens (including phenoxy) is 5. The van der Waals surface area contributed by atoms with Gasteiger partial charge in [0, 0.05) is 5.56 Å². The summed E-state index contributed by atoms with van der Waals surface area (Å²) in [5.74, 6) is -5.81. The first-order valence-electron chi connectivity index (χ1n) is 25.7. The van der Waals surface area contributed by atoms with Crippen molar-refractivity contribution < 1.29 is 71.3 Å². The number of esters is 3. The maximum atomic E-state index is 14.2. The van der Waals surface area contributed by atoms with Crippen LogP contribution in [0.3, 0.4) is 0 Å². The zero-order valence-corrected chi connectivity index (χ0v) is 44.4. The van der Waals surface area contributed by atoms with Crippen LogP contribution in [0.5, 0.6) is 11.5 Å². The molecule has 0 saturated heterocycles. The Bertz CT molecular complexity index is 3000. The number of nitrogens with one attached hydrogen (secondary N) is 3. The minimum absolute atomic E-state index is 0.0506. The van der Waals surface area contributed by atoms with Crippen molar-refractivity contribution in [2.24, 2.45) is 5.92 Å². The molecule has 5 aromatic carbocycles. The van der Waals surface area contributed by atoms with E-state index in [-0.39, 0.29) is 61.3 Å². The fourth-order valence-electron chi connectivity index (χ4n) is 8.22. The second-order valence-electron chi connectivity index (χ2n) is 18.1. The summed E-state index contributed by atoms with van der Waals surface area (Å²) in [5.41, 5.74) is 3.01. The fraction of sp³-hybridized carbons (Fsp3) is 0.300. The number of furan rings is 1. The molecule has 3 N–H and O–H groups in total. The number of hydrogen-bond acceptors (Lipinski definition) is 15. The highest BCUT2D eigenvalue weighted by Gasteiger charge is 2.34. The number of unbranched alkanes of at least 4 members (excludes halogenated alkanes) is 2. The lowest BCUT2D eigenvalue weighted by molar-refractivity contribution is -0.171. The smallest absolute Gasteiger partial charge is 0.363 e. The van der Waals surface area contributed by atoms with Crippen molar-refractivity contribution in [2.45, 2.75) is 91.2 Å². The van der Waals surface area contributed by atoms with Gasteiger partial charge in [-0.3, -0.25) is 24.0 Å². The van der Waals surface area contributed by atoms with Crippen LogP contribution in [-0.2, 0) is 62.8 Å². The first-order valence-corrected chi connectivity index (χ1v) is 25.7. The molecule has 2 unspecified atom stereocenters. The topological polar surface area (TPSA) is 244 Å². The summed E-state index contributed by atoms with van der Waals surface area (Å²) in [6.07, 6.45) is 2.69. The van der Waals surface area contributed by atoms with Crippen molar-refractivity contribution >= 4 is 48.0 Å². The van der Waals surface area contributed by atoms with E-state index in [2.05, 4.69) is 16.0 Å². The van der Waals surface area contributed by atoms with E-state index in [1.807, 2.05) is 19.1 Å². The quantitative estimate of drug-likeness (QED) is 0.00958. The van der Waals surface area contributed by atoms with Crippen LogP contribution in [-0.4, -0.2) is 85.5 Å². The summed E-state index contributed by atoms with van der Waals surface area (Å²) in [6, 6.07) is 36.2. The summed E-state index contributed by atoms with van der Waals surface area (Å²) in [5, 5.41) is 8.77. The number of nitrogens with zero attached hydrogens (tertiary/aromatic N) is 1. The van der Waals surface area contributed by atoms with Crippen molar-refractivity contribution in [1.29, 1.82) is 0 Å². The number of carbonyl (C=O) groups is 8. The highest BCUT2D eigenvalue weighted by Crippen LogP contribution is 2.30. The molecule has 414 valence electrons. The van der Waals surface area contributed by atoms with Crippen molar-refractivity contribution in [3.8, 4) is 22.8 Å². The third kappa shape index (κ3) is 17.9. The molecule has 6 aromatic rings. The Balaban J connectivity index is 1.16. The Morgan fingerprint density at radius 2 is 1.29 bits per heavy atom. The molecule has 0 fully saturated rings. The van der Waals surface area contributed by atoms with E-state index < -0.39 is 72.6 Å². The van der Waals surface area contributed by atoms with Gasteiger partial charge in [-0.15, -0.1) is 0 Å². The minimum atomic E-state index is -1.52. The Kier molecular flexibility index (Phi) is 22.8. The molecule has 0 aliphatic heterocycles. The molecule has 4 amide bonds. The average Bonchev–Trinajstić information content (AvgIpc) is 3.98. The van der Waals surface area contributed by atoms with Crippen LogP contribution >= 0.6 is 0 Å². The molecule has 0 bridgehead atoms. The van der Waals surface area contributed by atoms with E-state index in [4.69, 9.17) is 32.9 Å². The number of benzene rings is 5. The summed E-state index contributed by atoms with van der Waals surface area (Å²) >= 11 is 0. The molecule has 6 rings (SSSR count). The van der Waals surface area contributed by atoms with Crippen LogP contribution < -0.4 is 25.4 Å². The van der Waals surface area contributed by atoms with Gasteiger partial charge in [0.1, 0.15) is 43.1 Å². The van der Waals surface area contributed by atoms with E-state index in [9.17, 15) is 38.4 Å². The van der Waals surface area contributed by atoms with Crippen LogP contribution in [0.1, 0.15) is 106 Å².